The van der Waals surface area contributed by atoms with Gasteiger partial charge in [-0.2, -0.15) is 0 Å². The van der Waals surface area contributed by atoms with Crippen molar-refractivity contribution >= 4 is 40.1 Å². The normalized spacial score (nSPS) is 21.1. The Bertz CT molecular complexity index is 521. The number of allylic oxidation sites excluding steroid dienone is 2. The summed E-state index contributed by atoms with van der Waals surface area (Å²) in [5, 5.41) is 12.4. The standard InChI is InChI=1S/C14H16N2OS2/c1-16(2)11-8-6-10(7-9-11)4-3-5-12-13(17)15-14(18)19-12/h3-9,13,17H,1-2H3,(H,15,18)/b4-3+,12-5+. The first-order valence-corrected chi connectivity index (χ1v) is 7.11. The summed E-state index contributed by atoms with van der Waals surface area (Å²) in [5.41, 5.74) is 2.29. The molecule has 0 spiro atoms. The molecular weight excluding hydrogens is 276 g/mol. The second-order valence-electron chi connectivity index (χ2n) is 4.35. The predicted molar refractivity (Wildman–Crippen MR) is 87.2 cm³/mol. The van der Waals surface area contributed by atoms with E-state index in [2.05, 4.69) is 34.5 Å². The summed E-state index contributed by atoms with van der Waals surface area (Å²) >= 11 is 6.37. The van der Waals surface area contributed by atoms with E-state index in [1.54, 1.807) is 0 Å². The van der Waals surface area contributed by atoms with Crippen molar-refractivity contribution in [3.05, 3.63) is 46.9 Å². The van der Waals surface area contributed by atoms with Gasteiger partial charge in [0.25, 0.3) is 0 Å². The number of hydrogen-bond donors (Lipinski definition) is 2. The number of nitrogens with zero attached hydrogens (tertiary/aromatic N) is 1. The zero-order chi connectivity index (χ0) is 13.8. The molecular formula is C14H16N2OS2. The summed E-state index contributed by atoms with van der Waals surface area (Å²) < 4.78 is 0.613. The molecule has 1 heterocycles. The molecule has 2 N–H and O–H groups in total. The fourth-order valence-corrected chi connectivity index (χ4v) is 2.74. The average molecular weight is 292 g/mol. The Hall–Kier alpha value is -1.30. The van der Waals surface area contributed by atoms with Crippen LogP contribution < -0.4 is 10.2 Å². The maximum Gasteiger partial charge on any atom is 0.158 e. The van der Waals surface area contributed by atoms with E-state index in [1.165, 1.54) is 17.4 Å². The summed E-state index contributed by atoms with van der Waals surface area (Å²) in [6, 6.07) is 8.27. The highest BCUT2D eigenvalue weighted by molar-refractivity contribution is 8.25. The van der Waals surface area contributed by atoms with Gasteiger partial charge in [0.1, 0.15) is 4.32 Å². The lowest BCUT2D eigenvalue weighted by Gasteiger charge is -2.11. The molecule has 1 saturated heterocycles. The Morgan fingerprint density at radius 1 is 1.32 bits per heavy atom. The number of thioether (sulfide) groups is 1. The molecule has 0 amide bonds. The van der Waals surface area contributed by atoms with Crippen molar-refractivity contribution in [2.24, 2.45) is 0 Å². The van der Waals surface area contributed by atoms with E-state index >= 15 is 0 Å². The summed E-state index contributed by atoms with van der Waals surface area (Å²) in [6.07, 6.45) is 5.13. The first-order chi connectivity index (χ1) is 9.06. The lowest BCUT2D eigenvalue weighted by molar-refractivity contribution is 0.210. The number of aliphatic hydroxyl groups is 1. The van der Waals surface area contributed by atoms with E-state index in [0.29, 0.717) is 4.32 Å². The minimum atomic E-state index is -0.668. The highest BCUT2D eigenvalue weighted by Crippen LogP contribution is 2.26. The average Bonchev–Trinajstić information content (AvgIpc) is 2.68. The first kappa shape index (κ1) is 14.1. The highest BCUT2D eigenvalue weighted by atomic mass is 32.2. The number of nitrogens with one attached hydrogen (secondary N) is 1. The molecule has 1 atom stereocenters. The third-order valence-electron chi connectivity index (χ3n) is 2.69. The molecule has 5 heteroatoms. The van der Waals surface area contributed by atoms with Gasteiger partial charge in [-0.3, -0.25) is 0 Å². The van der Waals surface area contributed by atoms with Crippen molar-refractivity contribution in [2.75, 3.05) is 19.0 Å². The van der Waals surface area contributed by atoms with Crippen LogP contribution in [-0.4, -0.2) is 29.8 Å². The molecule has 0 aliphatic carbocycles. The zero-order valence-electron chi connectivity index (χ0n) is 10.8. The number of benzene rings is 1. The Morgan fingerprint density at radius 2 is 2.00 bits per heavy atom. The molecule has 0 saturated carbocycles. The molecule has 1 aromatic carbocycles. The molecule has 1 aliphatic rings. The number of thiocarbonyl (C=S) groups is 1. The van der Waals surface area contributed by atoms with Crippen LogP contribution in [0, 0.1) is 0 Å². The molecule has 100 valence electrons. The smallest absolute Gasteiger partial charge is 0.158 e. The van der Waals surface area contributed by atoms with Crippen LogP contribution in [0.2, 0.25) is 0 Å². The maximum atomic E-state index is 9.63. The molecule has 0 bridgehead atoms. The lowest BCUT2D eigenvalue weighted by atomic mass is 10.2. The quantitative estimate of drug-likeness (QED) is 0.837. The molecule has 1 unspecified atom stereocenters. The molecule has 2 rings (SSSR count). The molecule has 0 aromatic heterocycles. The van der Waals surface area contributed by atoms with E-state index in [-0.39, 0.29) is 0 Å². The van der Waals surface area contributed by atoms with Crippen molar-refractivity contribution in [3.63, 3.8) is 0 Å². The van der Waals surface area contributed by atoms with Gasteiger partial charge in [-0.25, -0.2) is 0 Å². The van der Waals surface area contributed by atoms with E-state index in [0.717, 1.165) is 10.5 Å². The van der Waals surface area contributed by atoms with Crippen LogP contribution in [0.3, 0.4) is 0 Å². The Morgan fingerprint density at radius 3 is 2.53 bits per heavy atom. The van der Waals surface area contributed by atoms with Crippen LogP contribution in [0.1, 0.15) is 5.56 Å². The highest BCUT2D eigenvalue weighted by Gasteiger charge is 2.21. The molecule has 1 aliphatic heterocycles. The fraction of sp³-hybridized carbons (Fsp3) is 0.214. The maximum absolute atomic E-state index is 9.63. The van der Waals surface area contributed by atoms with E-state index in [1.807, 2.05) is 32.3 Å². The minimum absolute atomic E-state index is 0.613. The molecule has 19 heavy (non-hydrogen) atoms. The van der Waals surface area contributed by atoms with Crippen LogP contribution >= 0.6 is 24.0 Å². The SMILES string of the molecule is CN(C)c1ccc(/C=C/C=C2/SC(=S)NC2O)cc1. The monoisotopic (exact) mass is 292 g/mol. The minimum Gasteiger partial charge on any atom is -0.378 e. The van der Waals surface area contributed by atoms with Gasteiger partial charge in [0.05, 0.1) is 0 Å². The van der Waals surface area contributed by atoms with Crippen LogP contribution in [0.4, 0.5) is 5.69 Å². The van der Waals surface area contributed by atoms with Crippen molar-refractivity contribution in [2.45, 2.75) is 6.23 Å². The van der Waals surface area contributed by atoms with Crippen molar-refractivity contribution in [1.82, 2.24) is 5.32 Å². The third-order valence-corrected chi connectivity index (χ3v) is 3.96. The van der Waals surface area contributed by atoms with Gasteiger partial charge in [-0.15, -0.1) is 0 Å². The summed E-state index contributed by atoms with van der Waals surface area (Å²) in [7, 11) is 4.04. The molecule has 3 nitrogen and oxygen atoms in total. The van der Waals surface area contributed by atoms with E-state index in [9.17, 15) is 5.11 Å². The van der Waals surface area contributed by atoms with Gasteiger partial charge in [-0.1, -0.05) is 48.3 Å². The number of aliphatic hydroxyl groups excluding tert-OH is 1. The topological polar surface area (TPSA) is 35.5 Å². The molecule has 1 fully saturated rings. The van der Waals surface area contributed by atoms with Gasteiger partial charge in [-0.05, 0) is 23.8 Å². The van der Waals surface area contributed by atoms with Crippen molar-refractivity contribution < 1.29 is 5.11 Å². The van der Waals surface area contributed by atoms with Gasteiger partial charge < -0.3 is 15.3 Å². The largest absolute Gasteiger partial charge is 0.378 e. The second kappa shape index (κ2) is 6.23. The van der Waals surface area contributed by atoms with Gasteiger partial charge >= 0.3 is 0 Å². The Kier molecular flexibility index (Phi) is 4.63. The van der Waals surface area contributed by atoms with Crippen LogP contribution in [0.15, 0.2) is 41.3 Å². The number of hydrogen-bond acceptors (Lipinski definition) is 4. The third kappa shape index (κ3) is 3.83. The zero-order valence-corrected chi connectivity index (χ0v) is 12.5. The number of anilines is 1. The van der Waals surface area contributed by atoms with Crippen LogP contribution in [-0.2, 0) is 0 Å². The first-order valence-electron chi connectivity index (χ1n) is 5.88. The Balaban J connectivity index is 2.03. The van der Waals surface area contributed by atoms with Gasteiger partial charge in [0.15, 0.2) is 6.23 Å². The molecule has 1 aromatic rings. The van der Waals surface area contributed by atoms with Gasteiger partial charge in [0, 0.05) is 24.7 Å². The van der Waals surface area contributed by atoms with Crippen LogP contribution in [0.5, 0.6) is 0 Å². The van der Waals surface area contributed by atoms with Gasteiger partial charge in [0.2, 0.25) is 0 Å². The molecule has 0 radical (unpaired) electrons. The van der Waals surface area contributed by atoms with Crippen molar-refractivity contribution in [1.29, 1.82) is 0 Å². The van der Waals surface area contributed by atoms with E-state index in [4.69, 9.17) is 12.2 Å². The summed E-state index contributed by atoms with van der Waals surface area (Å²) in [4.78, 5) is 2.89. The van der Waals surface area contributed by atoms with Crippen molar-refractivity contribution in [3.8, 4) is 0 Å². The second-order valence-corrected chi connectivity index (χ2v) is 6.10. The Labute approximate surface area is 123 Å². The van der Waals surface area contributed by atoms with Crippen LogP contribution in [0.25, 0.3) is 6.08 Å². The summed E-state index contributed by atoms with van der Waals surface area (Å²) in [5.74, 6) is 0. The predicted octanol–water partition coefficient (Wildman–Crippen LogP) is 2.59. The lowest BCUT2D eigenvalue weighted by Crippen LogP contribution is -2.23. The fourth-order valence-electron chi connectivity index (χ4n) is 1.64. The van der Waals surface area contributed by atoms with E-state index < -0.39 is 6.23 Å². The summed E-state index contributed by atoms with van der Waals surface area (Å²) in [6.45, 7) is 0. The number of rotatable bonds is 3.